The standard InChI is InChI=1S/C22H21N9O3/c23-20-21(28-34-27-20)31-18(13-30-10-4-7-15-6-1-2-9-17(15)30)19(25-29-31)22(33)26-24-12-14-5-3-8-16(32)11-14/h1-3,5-6,8-9,11-12,32H,4,7,10,13H2,(H2,23,27)(H,26,33). The van der Waals surface area contributed by atoms with Crippen LogP contribution in [0.2, 0.25) is 0 Å². The van der Waals surface area contributed by atoms with Crippen molar-refractivity contribution in [2.45, 2.75) is 19.4 Å². The molecule has 12 nitrogen and oxygen atoms in total. The van der Waals surface area contributed by atoms with Crippen LogP contribution in [0.25, 0.3) is 5.82 Å². The Morgan fingerprint density at radius 2 is 2.12 bits per heavy atom. The topological polar surface area (TPSA) is 161 Å². The number of hydrogen-bond acceptors (Lipinski definition) is 10. The lowest BCUT2D eigenvalue weighted by molar-refractivity contribution is 0.0949. The molecule has 0 fully saturated rings. The van der Waals surface area contributed by atoms with Gasteiger partial charge in [0.05, 0.1) is 18.5 Å². The van der Waals surface area contributed by atoms with Gasteiger partial charge in [0.15, 0.2) is 5.69 Å². The van der Waals surface area contributed by atoms with Crippen LogP contribution in [-0.2, 0) is 13.0 Å². The van der Waals surface area contributed by atoms with Gasteiger partial charge in [0, 0.05) is 12.2 Å². The number of nitrogen functional groups attached to an aromatic ring is 1. The lowest BCUT2D eigenvalue weighted by Crippen LogP contribution is -2.31. The van der Waals surface area contributed by atoms with E-state index in [0.717, 1.165) is 25.1 Å². The molecule has 172 valence electrons. The Balaban J connectivity index is 1.45. The van der Waals surface area contributed by atoms with E-state index in [1.807, 2.05) is 18.2 Å². The number of hydrogen-bond donors (Lipinski definition) is 3. The molecule has 1 amide bonds. The number of nitrogens with two attached hydrogens (primary N) is 1. The number of carbonyl (C=O) groups excluding carboxylic acids is 1. The van der Waals surface area contributed by atoms with Gasteiger partial charge in [-0.2, -0.15) is 9.78 Å². The number of hydrazone groups is 1. The molecule has 0 aliphatic carbocycles. The molecule has 3 heterocycles. The van der Waals surface area contributed by atoms with Gasteiger partial charge in [0.25, 0.3) is 5.91 Å². The minimum atomic E-state index is -0.557. The molecule has 1 aliphatic heterocycles. The molecule has 4 aromatic rings. The first-order chi connectivity index (χ1) is 16.6. The monoisotopic (exact) mass is 459 g/mol. The van der Waals surface area contributed by atoms with Crippen LogP contribution in [0.3, 0.4) is 0 Å². The Labute approximate surface area is 193 Å². The fourth-order valence-corrected chi connectivity index (χ4v) is 3.91. The first-order valence-corrected chi connectivity index (χ1v) is 10.6. The van der Waals surface area contributed by atoms with E-state index in [9.17, 15) is 9.90 Å². The predicted octanol–water partition coefficient (Wildman–Crippen LogP) is 1.65. The average Bonchev–Trinajstić information content (AvgIpc) is 3.45. The van der Waals surface area contributed by atoms with E-state index in [-0.39, 0.29) is 23.1 Å². The van der Waals surface area contributed by atoms with Gasteiger partial charge in [0.2, 0.25) is 11.6 Å². The molecule has 34 heavy (non-hydrogen) atoms. The summed E-state index contributed by atoms with van der Waals surface area (Å²) in [6.07, 6.45) is 3.38. The second-order valence-electron chi connectivity index (χ2n) is 7.72. The summed E-state index contributed by atoms with van der Waals surface area (Å²) in [5.41, 5.74) is 11.8. The first kappa shape index (κ1) is 21.1. The van der Waals surface area contributed by atoms with Gasteiger partial charge in [0.1, 0.15) is 5.75 Å². The van der Waals surface area contributed by atoms with Crippen LogP contribution in [0.1, 0.15) is 33.7 Å². The number of aromatic nitrogens is 5. The fourth-order valence-electron chi connectivity index (χ4n) is 3.91. The molecule has 12 heteroatoms. The normalized spacial score (nSPS) is 13.2. The maximum Gasteiger partial charge on any atom is 0.293 e. The fraction of sp³-hybridized carbons (Fsp3) is 0.182. The Morgan fingerprint density at radius 1 is 1.24 bits per heavy atom. The third-order valence-electron chi connectivity index (χ3n) is 5.47. The molecule has 1 aliphatic rings. The van der Waals surface area contributed by atoms with Crippen LogP contribution in [0.5, 0.6) is 5.75 Å². The van der Waals surface area contributed by atoms with Crippen LogP contribution >= 0.6 is 0 Å². The van der Waals surface area contributed by atoms with E-state index in [0.29, 0.717) is 17.8 Å². The van der Waals surface area contributed by atoms with Gasteiger partial charge in [-0.25, -0.2) is 10.1 Å². The Bertz CT molecular complexity index is 1360. The van der Waals surface area contributed by atoms with Crippen molar-refractivity contribution in [3.8, 4) is 11.6 Å². The number of anilines is 2. The summed E-state index contributed by atoms with van der Waals surface area (Å²) >= 11 is 0. The maximum absolute atomic E-state index is 13.0. The molecular formula is C22H21N9O3. The second kappa shape index (κ2) is 9.02. The van der Waals surface area contributed by atoms with E-state index in [1.165, 1.54) is 22.5 Å². The van der Waals surface area contributed by atoms with Gasteiger partial charge >= 0.3 is 0 Å². The smallest absolute Gasteiger partial charge is 0.293 e. The minimum absolute atomic E-state index is 0.0269. The number of para-hydroxylation sites is 1. The largest absolute Gasteiger partial charge is 0.508 e. The summed E-state index contributed by atoms with van der Waals surface area (Å²) in [4.78, 5) is 15.1. The van der Waals surface area contributed by atoms with Gasteiger partial charge in [-0.15, -0.1) is 5.10 Å². The maximum atomic E-state index is 13.0. The quantitative estimate of drug-likeness (QED) is 0.288. The van der Waals surface area contributed by atoms with Crippen LogP contribution in [0.15, 0.2) is 58.3 Å². The number of phenolic OH excluding ortho intramolecular Hbond substituents is 1. The van der Waals surface area contributed by atoms with E-state index in [1.54, 1.807) is 18.2 Å². The summed E-state index contributed by atoms with van der Waals surface area (Å²) in [7, 11) is 0. The molecule has 0 saturated heterocycles. The number of fused-ring (bicyclic) bond motifs is 1. The van der Waals surface area contributed by atoms with Crippen LogP contribution < -0.4 is 16.1 Å². The average molecular weight is 459 g/mol. The van der Waals surface area contributed by atoms with E-state index in [4.69, 9.17) is 10.4 Å². The van der Waals surface area contributed by atoms with Crippen molar-refractivity contribution in [3.05, 3.63) is 71.0 Å². The molecule has 0 atom stereocenters. The van der Waals surface area contributed by atoms with Crippen molar-refractivity contribution in [2.24, 2.45) is 5.10 Å². The summed E-state index contributed by atoms with van der Waals surface area (Å²) in [6.45, 7) is 1.13. The van der Waals surface area contributed by atoms with Crippen molar-refractivity contribution in [3.63, 3.8) is 0 Å². The molecule has 2 aromatic heterocycles. The van der Waals surface area contributed by atoms with Gasteiger partial charge in [-0.1, -0.05) is 35.5 Å². The molecule has 0 saturated carbocycles. The number of carbonyl (C=O) groups is 1. The zero-order chi connectivity index (χ0) is 23.5. The highest BCUT2D eigenvalue weighted by Gasteiger charge is 2.27. The number of nitrogens with one attached hydrogen (secondary N) is 1. The summed E-state index contributed by atoms with van der Waals surface area (Å²) in [5.74, 6) is -0.284. The van der Waals surface area contributed by atoms with Crippen LogP contribution in [-0.4, -0.2) is 49.1 Å². The van der Waals surface area contributed by atoms with Gasteiger partial charge < -0.3 is 15.7 Å². The van der Waals surface area contributed by atoms with E-state index >= 15 is 0 Å². The third kappa shape index (κ3) is 4.16. The minimum Gasteiger partial charge on any atom is -0.508 e. The van der Waals surface area contributed by atoms with Crippen LogP contribution in [0, 0.1) is 0 Å². The molecule has 5 rings (SSSR count). The number of amides is 1. The molecule has 0 unspecified atom stereocenters. The van der Waals surface area contributed by atoms with E-state index < -0.39 is 5.91 Å². The van der Waals surface area contributed by atoms with Crippen molar-refractivity contribution in [1.82, 2.24) is 30.7 Å². The van der Waals surface area contributed by atoms with Crippen LogP contribution in [0.4, 0.5) is 11.5 Å². The third-order valence-corrected chi connectivity index (χ3v) is 5.47. The Morgan fingerprint density at radius 3 is 2.94 bits per heavy atom. The molecule has 4 N–H and O–H groups in total. The molecule has 0 bridgehead atoms. The number of nitrogens with zero attached hydrogens (tertiary/aromatic N) is 7. The predicted molar refractivity (Wildman–Crippen MR) is 123 cm³/mol. The highest BCUT2D eigenvalue weighted by molar-refractivity contribution is 5.94. The Hall–Kier alpha value is -4.74. The van der Waals surface area contributed by atoms with Crippen molar-refractivity contribution < 1.29 is 14.5 Å². The van der Waals surface area contributed by atoms with Crippen molar-refractivity contribution in [1.29, 1.82) is 0 Å². The highest BCUT2D eigenvalue weighted by atomic mass is 16.6. The van der Waals surface area contributed by atoms with Gasteiger partial charge in [-0.3, -0.25) is 4.79 Å². The Kier molecular flexibility index (Phi) is 5.60. The lowest BCUT2D eigenvalue weighted by Gasteiger charge is -2.31. The number of phenols is 1. The zero-order valence-electron chi connectivity index (χ0n) is 18.0. The molecule has 0 radical (unpaired) electrons. The lowest BCUT2D eigenvalue weighted by atomic mass is 10.0. The van der Waals surface area contributed by atoms with E-state index in [2.05, 4.69) is 42.1 Å². The summed E-state index contributed by atoms with van der Waals surface area (Å²) in [5, 5.41) is 29.1. The molecular weight excluding hydrogens is 438 g/mol. The highest BCUT2D eigenvalue weighted by Crippen LogP contribution is 2.29. The number of aryl methyl sites for hydroxylation is 1. The number of rotatable bonds is 6. The zero-order valence-corrected chi connectivity index (χ0v) is 18.0. The summed E-state index contributed by atoms with van der Waals surface area (Å²) in [6, 6.07) is 14.6. The molecule has 2 aromatic carbocycles. The van der Waals surface area contributed by atoms with Crippen molar-refractivity contribution in [2.75, 3.05) is 17.2 Å². The SMILES string of the molecule is Nc1nonc1-n1nnc(C(=O)NN=Cc2cccc(O)c2)c1CN1CCCc2ccccc21. The second-order valence-corrected chi connectivity index (χ2v) is 7.72. The number of aromatic hydroxyl groups is 1. The first-order valence-electron chi connectivity index (χ1n) is 10.6. The van der Waals surface area contributed by atoms with Crippen molar-refractivity contribution >= 4 is 23.6 Å². The molecule has 0 spiro atoms. The number of benzene rings is 2. The van der Waals surface area contributed by atoms with Gasteiger partial charge in [-0.05, 0) is 52.5 Å². The summed E-state index contributed by atoms with van der Waals surface area (Å²) < 4.78 is 6.08.